The van der Waals surface area contributed by atoms with Crippen LogP contribution in [-0.4, -0.2) is 37.5 Å². The Labute approximate surface area is 97.7 Å². The van der Waals surface area contributed by atoms with Crippen LogP contribution in [0.1, 0.15) is 0 Å². The maximum absolute atomic E-state index is 13.3. The zero-order valence-corrected chi connectivity index (χ0v) is 9.34. The number of anilines is 1. The van der Waals surface area contributed by atoms with Crippen molar-refractivity contribution in [1.29, 1.82) is 0 Å². The van der Waals surface area contributed by atoms with E-state index >= 15 is 0 Å². The Bertz CT molecular complexity index is 359. The van der Waals surface area contributed by atoms with Gasteiger partial charge < -0.3 is 14.8 Å². The van der Waals surface area contributed by atoms with Crippen LogP contribution in [0.3, 0.4) is 0 Å². The van der Waals surface area contributed by atoms with Crippen LogP contribution in [0.5, 0.6) is 0 Å². The van der Waals surface area contributed by atoms with E-state index in [1.807, 2.05) is 0 Å². The first-order chi connectivity index (χ1) is 7.75. The van der Waals surface area contributed by atoms with Gasteiger partial charge in [0.05, 0.1) is 30.9 Å². The third kappa shape index (κ3) is 3.04. The number of halogens is 2. The summed E-state index contributed by atoms with van der Waals surface area (Å²) in [6, 6.07) is 1.22. The molecular formula is C10H12ClFN2O2. The van der Waals surface area contributed by atoms with Crippen molar-refractivity contribution in [1.82, 2.24) is 4.98 Å². The van der Waals surface area contributed by atoms with E-state index in [1.165, 1.54) is 12.3 Å². The van der Waals surface area contributed by atoms with Gasteiger partial charge in [-0.25, -0.2) is 9.37 Å². The molecule has 0 amide bonds. The minimum atomic E-state index is -0.468. The van der Waals surface area contributed by atoms with E-state index < -0.39 is 5.82 Å². The first-order valence-corrected chi connectivity index (χ1v) is 5.38. The van der Waals surface area contributed by atoms with E-state index in [4.69, 9.17) is 21.1 Å². The molecule has 1 aliphatic rings. The summed E-state index contributed by atoms with van der Waals surface area (Å²) in [7, 11) is 0. The molecular weight excluding hydrogens is 235 g/mol. The van der Waals surface area contributed by atoms with Crippen molar-refractivity contribution >= 4 is 17.4 Å². The van der Waals surface area contributed by atoms with E-state index in [-0.39, 0.29) is 16.9 Å². The molecule has 1 atom stereocenters. The zero-order chi connectivity index (χ0) is 11.4. The fourth-order valence-corrected chi connectivity index (χ4v) is 1.55. The van der Waals surface area contributed by atoms with Gasteiger partial charge in [0.2, 0.25) is 0 Å². The number of rotatable bonds is 3. The summed E-state index contributed by atoms with van der Waals surface area (Å²) < 4.78 is 23.9. The zero-order valence-electron chi connectivity index (χ0n) is 8.58. The minimum absolute atomic E-state index is 0.0642. The molecule has 1 aromatic heterocycles. The van der Waals surface area contributed by atoms with Crippen molar-refractivity contribution in [2.24, 2.45) is 0 Å². The highest BCUT2D eigenvalue weighted by Crippen LogP contribution is 2.15. The average Bonchev–Trinajstić information content (AvgIpc) is 2.29. The van der Waals surface area contributed by atoms with Crippen LogP contribution in [0.15, 0.2) is 12.3 Å². The van der Waals surface area contributed by atoms with Crippen molar-refractivity contribution in [3.05, 3.63) is 23.1 Å². The molecule has 0 bridgehead atoms. The topological polar surface area (TPSA) is 43.4 Å². The largest absolute Gasteiger partial charge is 0.376 e. The quantitative estimate of drug-likeness (QED) is 0.882. The fraction of sp³-hybridized carbons (Fsp3) is 0.500. The van der Waals surface area contributed by atoms with Gasteiger partial charge in [-0.15, -0.1) is 0 Å². The summed E-state index contributed by atoms with van der Waals surface area (Å²) in [5.74, 6) is -0.289. The summed E-state index contributed by atoms with van der Waals surface area (Å²) in [6.45, 7) is 2.17. The molecule has 1 aliphatic heterocycles. The lowest BCUT2D eigenvalue weighted by molar-refractivity contribution is -0.0819. The molecule has 1 unspecified atom stereocenters. The van der Waals surface area contributed by atoms with Crippen molar-refractivity contribution in [2.45, 2.75) is 6.10 Å². The Kier molecular flexibility index (Phi) is 3.93. The van der Waals surface area contributed by atoms with Crippen LogP contribution in [0, 0.1) is 5.82 Å². The van der Waals surface area contributed by atoms with E-state index in [0.29, 0.717) is 26.4 Å². The highest BCUT2D eigenvalue weighted by atomic mass is 35.5. The standard InChI is InChI=1S/C10H12ClFN2O2/c11-7-3-9(12)10(13-4-7)14-5-8-6-15-1-2-16-8/h3-4,8H,1-2,5-6H2,(H,13,14). The van der Waals surface area contributed by atoms with Crippen LogP contribution >= 0.6 is 11.6 Å². The van der Waals surface area contributed by atoms with Gasteiger partial charge in [-0.2, -0.15) is 0 Å². The maximum Gasteiger partial charge on any atom is 0.166 e. The summed E-state index contributed by atoms with van der Waals surface area (Å²) >= 11 is 5.59. The molecule has 0 saturated carbocycles. The lowest BCUT2D eigenvalue weighted by Crippen LogP contribution is -2.34. The van der Waals surface area contributed by atoms with Crippen LogP contribution < -0.4 is 5.32 Å². The second kappa shape index (κ2) is 5.43. The summed E-state index contributed by atoms with van der Waals surface area (Å²) in [6.07, 6.45) is 1.33. The Hall–Kier alpha value is -0.910. The molecule has 0 aromatic carbocycles. The number of ether oxygens (including phenoxy) is 2. The molecule has 88 valence electrons. The second-order valence-corrected chi connectivity index (χ2v) is 3.87. The molecule has 16 heavy (non-hydrogen) atoms. The molecule has 0 radical (unpaired) electrons. The predicted molar refractivity (Wildman–Crippen MR) is 58.3 cm³/mol. The van der Waals surface area contributed by atoms with Gasteiger partial charge in [0.1, 0.15) is 0 Å². The van der Waals surface area contributed by atoms with Gasteiger partial charge in [0.15, 0.2) is 11.6 Å². The third-order valence-corrected chi connectivity index (χ3v) is 2.40. The SMILES string of the molecule is Fc1cc(Cl)cnc1NCC1COCCO1. The predicted octanol–water partition coefficient (Wildman–Crippen LogP) is 1.70. The highest BCUT2D eigenvalue weighted by molar-refractivity contribution is 6.30. The van der Waals surface area contributed by atoms with Crippen molar-refractivity contribution in [3.63, 3.8) is 0 Å². The Morgan fingerprint density at radius 3 is 3.12 bits per heavy atom. The van der Waals surface area contributed by atoms with Crippen LogP contribution in [-0.2, 0) is 9.47 Å². The van der Waals surface area contributed by atoms with Gasteiger partial charge in [-0.3, -0.25) is 0 Å². The van der Waals surface area contributed by atoms with Gasteiger partial charge >= 0.3 is 0 Å². The molecule has 6 heteroatoms. The lowest BCUT2D eigenvalue weighted by Gasteiger charge is -2.23. The third-order valence-electron chi connectivity index (χ3n) is 2.19. The maximum atomic E-state index is 13.3. The van der Waals surface area contributed by atoms with E-state index in [0.717, 1.165) is 0 Å². The number of nitrogens with one attached hydrogen (secondary N) is 1. The highest BCUT2D eigenvalue weighted by Gasteiger charge is 2.15. The number of aromatic nitrogens is 1. The second-order valence-electron chi connectivity index (χ2n) is 3.43. The summed E-state index contributed by atoms with van der Waals surface area (Å²) in [5, 5.41) is 3.14. The summed E-state index contributed by atoms with van der Waals surface area (Å²) in [4.78, 5) is 3.85. The van der Waals surface area contributed by atoms with Gasteiger partial charge in [0.25, 0.3) is 0 Å². The Morgan fingerprint density at radius 1 is 1.56 bits per heavy atom. The molecule has 1 N–H and O–H groups in total. The monoisotopic (exact) mass is 246 g/mol. The molecule has 4 nitrogen and oxygen atoms in total. The number of pyridine rings is 1. The Morgan fingerprint density at radius 2 is 2.44 bits per heavy atom. The first kappa shape index (κ1) is 11.6. The van der Waals surface area contributed by atoms with Crippen molar-refractivity contribution < 1.29 is 13.9 Å². The minimum Gasteiger partial charge on any atom is -0.376 e. The van der Waals surface area contributed by atoms with Crippen LogP contribution in [0.25, 0.3) is 0 Å². The van der Waals surface area contributed by atoms with Crippen molar-refractivity contribution in [3.8, 4) is 0 Å². The van der Waals surface area contributed by atoms with E-state index in [2.05, 4.69) is 10.3 Å². The molecule has 0 aliphatic carbocycles. The van der Waals surface area contributed by atoms with E-state index in [1.54, 1.807) is 0 Å². The van der Waals surface area contributed by atoms with Gasteiger partial charge in [-0.1, -0.05) is 11.6 Å². The molecule has 2 heterocycles. The lowest BCUT2D eigenvalue weighted by atomic mass is 10.3. The van der Waals surface area contributed by atoms with E-state index in [9.17, 15) is 4.39 Å². The Balaban J connectivity index is 1.88. The van der Waals surface area contributed by atoms with Crippen molar-refractivity contribution in [2.75, 3.05) is 31.7 Å². The number of nitrogens with zero attached hydrogens (tertiary/aromatic N) is 1. The smallest absolute Gasteiger partial charge is 0.166 e. The van der Waals surface area contributed by atoms with Gasteiger partial charge in [0, 0.05) is 12.7 Å². The molecule has 2 rings (SSSR count). The number of hydrogen-bond donors (Lipinski definition) is 1. The van der Waals surface area contributed by atoms with Gasteiger partial charge in [-0.05, 0) is 6.07 Å². The first-order valence-electron chi connectivity index (χ1n) is 5.00. The molecule has 1 fully saturated rings. The normalized spacial score (nSPS) is 20.8. The molecule has 1 saturated heterocycles. The average molecular weight is 247 g/mol. The van der Waals surface area contributed by atoms with Crippen LogP contribution in [0.2, 0.25) is 5.02 Å². The number of hydrogen-bond acceptors (Lipinski definition) is 4. The molecule has 1 aromatic rings. The summed E-state index contributed by atoms with van der Waals surface area (Å²) in [5.41, 5.74) is 0. The molecule has 0 spiro atoms. The fourth-order valence-electron chi connectivity index (χ4n) is 1.41. The van der Waals surface area contributed by atoms with Crippen LogP contribution in [0.4, 0.5) is 10.2 Å².